The van der Waals surface area contributed by atoms with Crippen molar-refractivity contribution in [2.75, 3.05) is 0 Å². The number of amides is 1. The van der Waals surface area contributed by atoms with Crippen LogP contribution in [0, 0.1) is 5.92 Å². The van der Waals surface area contributed by atoms with E-state index in [0.29, 0.717) is 12.3 Å². The zero-order chi connectivity index (χ0) is 13.1. The summed E-state index contributed by atoms with van der Waals surface area (Å²) < 4.78 is 1.02. The Balaban J connectivity index is 1.86. The normalized spacial score (nSPS) is 18.2. The van der Waals surface area contributed by atoms with Crippen molar-refractivity contribution in [3.8, 4) is 0 Å². The first-order valence-electron chi connectivity index (χ1n) is 6.36. The van der Waals surface area contributed by atoms with Crippen molar-refractivity contribution < 1.29 is 4.79 Å². The van der Waals surface area contributed by atoms with Gasteiger partial charge in [0, 0.05) is 16.9 Å². The van der Waals surface area contributed by atoms with Crippen LogP contribution in [0.4, 0.5) is 0 Å². The Hall–Kier alpha value is -0.870. The number of nitrogens with two attached hydrogens (primary N) is 1. The molecule has 4 heteroatoms. The summed E-state index contributed by atoms with van der Waals surface area (Å²) in [5, 5.41) is 3.00. The molecule has 0 radical (unpaired) electrons. The molecule has 3 nitrogen and oxygen atoms in total. The maximum absolute atomic E-state index is 11.9. The first-order chi connectivity index (χ1) is 8.56. The van der Waals surface area contributed by atoms with Crippen LogP contribution in [0.25, 0.3) is 0 Å². The van der Waals surface area contributed by atoms with Crippen LogP contribution in [0.15, 0.2) is 28.7 Å². The lowest BCUT2D eigenvalue weighted by atomic mass is 10.1. The van der Waals surface area contributed by atoms with Gasteiger partial charge in [-0.25, -0.2) is 0 Å². The van der Waals surface area contributed by atoms with Crippen LogP contribution in [-0.2, 0) is 4.79 Å². The third kappa shape index (κ3) is 3.82. The fourth-order valence-corrected chi connectivity index (χ4v) is 2.48. The quantitative estimate of drug-likeness (QED) is 0.878. The van der Waals surface area contributed by atoms with Crippen molar-refractivity contribution in [3.63, 3.8) is 0 Å². The molecule has 18 heavy (non-hydrogen) atoms. The first-order valence-corrected chi connectivity index (χ1v) is 7.16. The summed E-state index contributed by atoms with van der Waals surface area (Å²) >= 11 is 3.43. The lowest BCUT2D eigenvalue weighted by Crippen LogP contribution is -2.34. The molecule has 0 saturated heterocycles. The molecule has 3 N–H and O–H groups in total. The van der Waals surface area contributed by atoms with Gasteiger partial charge in [0.2, 0.25) is 5.91 Å². The largest absolute Gasteiger partial charge is 0.350 e. The number of hydrogen-bond donors (Lipinski definition) is 2. The molecule has 98 valence electrons. The van der Waals surface area contributed by atoms with Gasteiger partial charge in [0.05, 0.1) is 6.04 Å². The molecule has 0 aromatic heterocycles. The average Bonchev–Trinajstić information content (AvgIpc) is 3.12. The summed E-state index contributed by atoms with van der Waals surface area (Å²) in [5.74, 6) is 0.610. The summed E-state index contributed by atoms with van der Waals surface area (Å²) in [6, 6.07) is 8.02. The summed E-state index contributed by atoms with van der Waals surface area (Å²) in [4.78, 5) is 11.9. The van der Waals surface area contributed by atoms with E-state index < -0.39 is 0 Å². The molecule has 1 aromatic carbocycles. The highest BCUT2D eigenvalue weighted by molar-refractivity contribution is 9.10. The number of carbonyl (C=O) groups excluding carboxylic acids is 1. The molecule has 0 heterocycles. The van der Waals surface area contributed by atoms with E-state index in [2.05, 4.69) is 21.2 Å². The molecule has 1 unspecified atom stereocenters. The number of nitrogens with one attached hydrogen (secondary N) is 1. The minimum Gasteiger partial charge on any atom is -0.350 e. The van der Waals surface area contributed by atoms with Gasteiger partial charge in [0.15, 0.2) is 0 Å². The van der Waals surface area contributed by atoms with Crippen LogP contribution in [0.3, 0.4) is 0 Å². The van der Waals surface area contributed by atoms with Crippen molar-refractivity contribution in [2.45, 2.75) is 38.3 Å². The topological polar surface area (TPSA) is 55.1 Å². The van der Waals surface area contributed by atoms with Gasteiger partial charge in [-0.05, 0) is 43.4 Å². The second kappa shape index (κ2) is 5.85. The van der Waals surface area contributed by atoms with Crippen LogP contribution >= 0.6 is 15.9 Å². The van der Waals surface area contributed by atoms with Gasteiger partial charge in [-0.15, -0.1) is 0 Å². The van der Waals surface area contributed by atoms with Gasteiger partial charge >= 0.3 is 0 Å². The molecular formula is C14H19BrN2O. The van der Waals surface area contributed by atoms with Crippen LogP contribution in [-0.4, -0.2) is 11.9 Å². The molecule has 1 fully saturated rings. The Morgan fingerprint density at radius 1 is 1.56 bits per heavy atom. The summed E-state index contributed by atoms with van der Waals surface area (Å²) in [5.41, 5.74) is 7.05. The van der Waals surface area contributed by atoms with Gasteiger partial charge in [0.25, 0.3) is 0 Å². The lowest BCUT2D eigenvalue weighted by molar-refractivity contribution is -0.122. The maximum Gasteiger partial charge on any atom is 0.222 e. The van der Waals surface area contributed by atoms with Gasteiger partial charge < -0.3 is 11.1 Å². The zero-order valence-electron chi connectivity index (χ0n) is 10.5. The monoisotopic (exact) mass is 310 g/mol. The summed E-state index contributed by atoms with van der Waals surface area (Å²) in [6.07, 6.45) is 2.79. The minimum atomic E-state index is 0.0152. The van der Waals surface area contributed by atoms with Gasteiger partial charge in [-0.3, -0.25) is 4.79 Å². The highest BCUT2D eigenvalue weighted by Crippen LogP contribution is 2.32. The molecule has 2 atom stereocenters. The van der Waals surface area contributed by atoms with E-state index in [-0.39, 0.29) is 18.0 Å². The Morgan fingerprint density at radius 2 is 2.28 bits per heavy atom. The molecule has 1 aliphatic carbocycles. The second-order valence-corrected chi connectivity index (χ2v) is 5.97. The third-order valence-corrected chi connectivity index (χ3v) is 3.87. The summed E-state index contributed by atoms with van der Waals surface area (Å²) in [7, 11) is 0. The number of carbonyl (C=O) groups is 1. The second-order valence-electron chi connectivity index (χ2n) is 5.05. The standard InChI is InChI=1S/C14H19BrN2O/c1-9(11-3-2-4-12(15)7-11)17-14(18)8-13(16)10-5-6-10/h2-4,7,9-10,13H,5-6,8,16H2,1H3,(H,17,18)/t9-,13?/m1/s1. The minimum absolute atomic E-state index is 0.0152. The number of rotatable bonds is 5. The van der Waals surface area contributed by atoms with E-state index in [0.717, 1.165) is 10.0 Å². The number of hydrogen-bond acceptors (Lipinski definition) is 2. The Morgan fingerprint density at radius 3 is 2.89 bits per heavy atom. The van der Waals surface area contributed by atoms with E-state index in [9.17, 15) is 4.79 Å². The van der Waals surface area contributed by atoms with Gasteiger partial charge in [-0.2, -0.15) is 0 Å². The van der Waals surface area contributed by atoms with Crippen molar-refractivity contribution in [1.29, 1.82) is 0 Å². The predicted octanol–water partition coefficient (Wildman–Crippen LogP) is 2.75. The molecule has 0 spiro atoms. The van der Waals surface area contributed by atoms with E-state index in [1.807, 2.05) is 31.2 Å². The van der Waals surface area contributed by atoms with Crippen LogP contribution in [0.5, 0.6) is 0 Å². The van der Waals surface area contributed by atoms with E-state index in [1.165, 1.54) is 12.8 Å². The fourth-order valence-electron chi connectivity index (χ4n) is 2.06. The van der Waals surface area contributed by atoms with Gasteiger partial charge in [0.1, 0.15) is 0 Å². The van der Waals surface area contributed by atoms with E-state index in [4.69, 9.17) is 5.73 Å². The van der Waals surface area contributed by atoms with Crippen molar-refractivity contribution in [3.05, 3.63) is 34.3 Å². The SMILES string of the molecule is C[C@@H](NC(=O)CC(N)C1CC1)c1cccc(Br)c1. The molecule has 2 rings (SSSR count). The fraction of sp³-hybridized carbons (Fsp3) is 0.500. The van der Waals surface area contributed by atoms with Crippen molar-refractivity contribution in [2.24, 2.45) is 11.7 Å². The summed E-state index contributed by atoms with van der Waals surface area (Å²) in [6.45, 7) is 1.99. The molecule has 0 aliphatic heterocycles. The molecule has 1 aliphatic rings. The first kappa shape index (κ1) is 13.6. The molecule has 1 saturated carbocycles. The smallest absolute Gasteiger partial charge is 0.222 e. The third-order valence-electron chi connectivity index (χ3n) is 3.37. The molecule has 0 bridgehead atoms. The average molecular weight is 311 g/mol. The van der Waals surface area contributed by atoms with Crippen LogP contribution < -0.4 is 11.1 Å². The van der Waals surface area contributed by atoms with Crippen LogP contribution in [0.2, 0.25) is 0 Å². The van der Waals surface area contributed by atoms with E-state index >= 15 is 0 Å². The molecular weight excluding hydrogens is 292 g/mol. The number of halogens is 1. The maximum atomic E-state index is 11.9. The zero-order valence-corrected chi connectivity index (χ0v) is 12.1. The molecule has 1 amide bonds. The van der Waals surface area contributed by atoms with Crippen molar-refractivity contribution in [1.82, 2.24) is 5.32 Å². The molecule has 1 aromatic rings. The highest BCUT2D eigenvalue weighted by Gasteiger charge is 2.29. The predicted molar refractivity (Wildman–Crippen MR) is 76.0 cm³/mol. The van der Waals surface area contributed by atoms with Crippen LogP contribution in [0.1, 0.15) is 37.8 Å². The van der Waals surface area contributed by atoms with Gasteiger partial charge in [-0.1, -0.05) is 28.1 Å². The van der Waals surface area contributed by atoms with Crippen molar-refractivity contribution >= 4 is 21.8 Å². The Labute approximate surface area is 116 Å². The number of benzene rings is 1. The van der Waals surface area contributed by atoms with E-state index in [1.54, 1.807) is 0 Å². The highest BCUT2D eigenvalue weighted by atomic mass is 79.9. The Kier molecular flexibility index (Phi) is 4.40. The Bertz CT molecular complexity index is 432. The lowest BCUT2D eigenvalue weighted by Gasteiger charge is -2.16.